The molecule has 0 spiro atoms. The molecule has 0 aliphatic carbocycles. The van der Waals surface area contributed by atoms with Gasteiger partial charge in [0.2, 0.25) is 0 Å². The quantitative estimate of drug-likeness (QED) is 0.712. The van der Waals surface area contributed by atoms with Crippen LogP contribution in [0.4, 0.5) is 0 Å². The molecule has 1 N–H and O–H groups in total. The Hall–Kier alpha value is -2.69. The number of hydrogen-bond acceptors (Lipinski definition) is 4. The van der Waals surface area contributed by atoms with E-state index in [1.54, 1.807) is 6.20 Å². The molecule has 0 saturated carbocycles. The fourth-order valence-corrected chi connectivity index (χ4v) is 3.47. The zero-order chi connectivity index (χ0) is 19.9. The van der Waals surface area contributed by atoms with Crippen molar-refractivity contribution >= 4 is 0 Å². The molecule has 4 nitrogen and oxygen atoms in total. The zero-order valence-electron chi connectivity index (χ0n) is 16.9. The van der Waals surface area contributed by atoms with Crippen molar-refractivity contribution < 1.29 is 9.47 Å². The van der Waals surface area contributed by atoms with Gasteiger partial charge in [-0.2, -0.15) is 0 Å². The third-order valence-corrected chi connectivity index (χ3v) is 5.33. The highest BCUT2D eigenvalue weighted by molar-refractivity contribution is 5.64. The van der Waals surface area contributed by atoms with E-state index in [2.05, 4.69) is 71.8 Å². The summed E-state index contributed by atoms with van der Waals surface area (Å²) in [5, 5.41) is 3.32. The first kappa shape index (κ1) is 19.6. The van der Waals surface area contributed by atoms with Crippen molar-refractivity contribution in [3.05, 3.63) is 83.7 Å². The minimum Gasteiger partial charge on any atom is -0.490 e. The van der Waals surface area contributed by atoms with Gasteiger partial charge >= 0.3 is 0 Å². The predicted molar refractivity (Wildman–Crippen MR) is 116 cm³/mol. The average molecular weight is 389 g/mol. The molecule has 1 atom stereocenters. The zero-order valence-corrected chi connectivity index (χ0v) is 16.9. The van der Waals surface area contributed by atoms with E-state index in [1.807, 2.05) is 6.20 Å². The number of pyridine rings is 1. The number of rotatable bonds is 4. The highest BCUT2D eigenvalue weighted by Crippen LogP contribution is 2.23. The predicted octanol–water partition coefficient (Wildman–Crippen LogP) is 4.56. The van der Waals surface area contributed by atoms with Crippen molar-refractivity contribution in [2.24, 2.45) is 0 Å². The van der Waals surface area contributed by atoms with Gasteiger partial charge in [-0.3, -0.25) is 4.98 Å². The monoisotopic (exact) mass is 388 g/mol. The van der Waals surface area contributed by atoms with Gasteiger partial charge in [0.1, 0.15) is 12.4 Å². The van der Waals surface area contributed by atoms with Gasteiger partial charge in [0, 0.05) is 17.8 Å². The minimum absolute atomic E-state index is 0.502. The van der Waals surface area contributed by atoms with Crippen LogP contribution in [0.25, 0.3) is 11.1 Å². The first-order chi connectivity index (χ1) is 14.3. The number of ether oxygens (including phenoxy) is 2. The summed E-state index contributed by atoms with van der Waals surface area (Å²) in [4.78, 5) is 4.27. The number of hydrogen-bond donors (Lipinski definition) is 1. The summed E-state index contributed by atoms with van der Waals surface area (Å²) in [7, 11) is 0. The Morgan fingerprint density at radius 3 is 2.66 bits per heavy atom. The van der Waals surface area contributed by atoms with Crippen molar-refractivity contribution in [2.75, 3.05) is 19.8 Å². The lowest BCUT2D eigenvalue weighted by Crippen LogP contribution is -2.46. The number of benzene rings is 2. The lowest BCUT2D eigenvalue weighted by molar-refractivity contribution is 0.111. The first-order valence-electron chi connectivity index (χ1n) is 10.3. The van der Waals surface area contributed by atoms with Crippen LogP contribution in [0.1, 0.15) is 23.1 Å². The molecular formula is C25H28N2O2. The molecule has 1 unspecified atom stereocenters. The molecule has 2 aliphatic rings. The van der Waals surface area contributed by atoms with E-state index in [4.69, 9.17) is 9.47 Å². The molecule has 29 heavy (non-hydrogen) atoms. The smallest absolute Gasteiger partial charge is 0.138 e. The largest absolute Gasteiger partial charge is 0.490 e. The summed E-state index contributed by atoms with van der Waals surface area (Å²) in [5.74, 6) is 0.840. The summed E-state index contributed by atoms with van der Waals surface area (Å²) in [6.07, 6.45) is 5.93. The fourth-order valence-electron chi connectivity index (χ4n) is 3.47. The number of fused-ring (bicyclic) bond motifs is 1. The van der Waals surface area contributed by atoms with Crippen LogP contribution in [0.5, 0.6) is 5.75 Å². The maximum absolute atomic E-state index is 5.78. The normalized spacial score (nSPS) is 17.3. The molecule has 0 amide bonds. The number of aryl methyl sites for hydroxylation is 1. The van der Waals surface area contributed by atoms with Gasteiger partial charge in [0.25, 0.3) is 0 Å². The van der Waals surface area contributed by atoms with Gasteiger partial charge in [-0.25, -0.2) is 0 Å². The summed E-state index contributed by atoms with van der Waals surface area (Å²) in [6.45, 7) is 5.61. The van der Waals surface area contributed by atoms with Crippen molar-refractivity contribution in [3.8, 4) is 16.9 Å². The van der Waals surface area contributed by atoms with E-state index in [1.165, 1.54) is 28.7 Å². The Labute approximate surface area is 172 Å². The molecule has 1 aromatic heterocycles. The van der Waals surface area contributed by atoms with Crippen LogP contribution < -0.4 is 10.1 Å². The van der Waals surface area contributed by atoms with Crippen molar-refractivity contribution in [1.29, 1.82) is 0 Å². The number of nitrogens with one attached hydrogen (secondary N) is 1. The van der Waals surface area contributed by atoms with E-state index in [9.17, 15) is 0 Å². The van der Waals surface area contributed by atoms with Crippen LogP contribution in [0.2, 0.25) is 0 Å². The Morgan fingerprint density at radius 2 is 1.90 bits per heavy atom. The van der Waals surface area contributed by atoms with Gasteiger partial charge in [-0.05, 0) is 49.1 Å². The van der Waals surface area contributed by atoms with Gasteiger partial charge in [0.05, 0.1) is 19.4 Å². The Balaban J connectivity index is 0.000000171. The van der Waals surface area contributed by atoms with E-state index in [0.717, 1.165) is 44.1 Å². The lowest BCUT2D eigenvalue weighted by atomic mass is 10.0. The van der Waals surface area contributed by atoms with Crippen molar-refractivity contribution in [2.45, 2.75) is 32.4 Å². The average Bonchev–Trinajstić information content (AvgIpc) is 2.73. The lowest BCUT2D eigenvalue weighted by Gasteiger charge is -2.27. The standard InChI is InChI=1S/C16H18N2O.C9H10O/c1-12-3-2-4-13(7-12)14-8-16(10-17-9-14)19-11-15-5-6-18-15;1-2-4-9-7-10-6-5-8(9)3-1/h2-4,7-10,15,18H,5-6,11H2,1H3;1-4H,5-7H2. The number of aromatic nitrogens is 1. The summed E-state index contributed by atoms with van der Waals surface area (Å²) >= 11 is 0. The first-order valence-corrected chi connectivity index (χ1v) is 10.3. The molecule has 3 heterocycles. The second-order valence-electron chi connectivity index (χ2n) is 7.60. The summed E-state index contributed by atoms with van der Waals surface area (Å²) in [5.41, 5.74) is 6.34. The second kappa shape index (κ2) is 9.68. The molecule has 3 aromatic rings. The third kappa shape index (κ3) is 5.43. The van der Waals surface area contributed by atoms with Crippen LogP contribution in [0, 0.1) is 6.92 Å². The maximum atomic E-state index is 5.78. The summed E-state index contributed by atoms with van der Waals surface area (Å²) < 4.78 is 11.1. The van der Waals surface area contributed by atoms with E-state index >= 15 is 0 Å². The highest BCUT2D eigenvalue weighted by Gasteiger charge is 2.16. The van der Waals surface area contributed by atoms with Gasteiger partial charge < -0.3 is 14.8 Å². The van der Waals surface area contributed by atoms with Crippen LogP contribution >= 0.6 is 0 Å². The molecule has 5 rings (SSSR count). The topological polar surface area (TPSA) is 43.4 Å². The number of nitrogens with zero attached hydrogens (tertiary/aromatic N) is 1. The van der Waals surface area contributed by atoms with Crippen LogP contribution in [0.3, 0.4) is 0 Å². The molecule has 0 radical (unpaired) electrons. The van der Waals surface area contributed by atoms with Crippen LogP contribution in [0.15, 0.2) is 67.0 Å². The molecule has 4 heteroatoms. The molecule has 1 fully saturated rings. The van der Waals surface area contributed by atoms with E-state index in [-0.39, 0.29) is 0 Å². The van der Waals surface area contributed by atoms with Crippen molar-refractivity contribution in [1.82, 2.24) is 10.3 Å². The molecule has 2 aliphatic heterocycles. The Kier molecular flexibility index (Phi) is 6.55. The van der Waals surface area contributed by atoms with Crippen LogP contribution in [-0.4, -0.2) is 30.8 Å². The minimum atomic E-state index is 0.502. The molecular weight excluding hydrogens is 360 g/mol. The van der Waals surface area contributed by atoms with Crippen molar-refractivity contribution in [3.63, 3.8) is 0 Å². The van der Waals surface area contributed by atoms with E-state index in [0.29, 0.717) is 6.04 Å². The van der Waals surface area contributed by atoms with Gasteiger partial charge in [-0.1, -0.05) is 54.1 Å². The fraction of sp³-hybridized carbons (Fsp3) is 0.320. The molecule has 1 saturated heterocycles. The van der Waals surface area contributed by atoms with Gasteiger partial charge in [0.15, 0.2) is 0 Å². The second-order valence-corrected chi connectivity index (χ2v) is 7.60. The Bertz CT molecular complexity index is 912. The van der Waals surface area contributed by atoms with Crippen LogP contribution in [-0.2, 0) is 17.8 Å². The maximum Gasteiger partial charge on any atom is 0.138 e. The molecule has 150 valence electrons. The Morgan fingerprint density at radius 1 is 1.03 bits per heavy atom. The highest BCUT2D eigenvalue weighted by atomic mass is 16.5. The SMILES string of the molecule is Cc1cccc(-c2cncc(OCC3CCN3)c2)c1.c1ccc2c(c1)CCOC2. The summed E-state index contributed by atoms with van der Waals surface area (Å²) in [6, 6.07) is 19.4. The third-order valence-electron chi connectivity index (χ3n) is 5.33. The molecule has 0 bridgehead atoms. The van der Waals surface area contributed by atoms with E-state index < -0.39 is 0 Å². The molecule has 2 aromatic carbocycles. The van der Waals surface area contributed by atoms with Gasteiger partial charge in [-0.15, -0.1) is 0 Å².